The highest BCUT2D eigenvalue weighted by atomic mass is 16.3. The van der Waals surface area contributed by atoms with Crippen molar-refractivity contribution in [2.75, 3.05) is 19.7 Å². The van der Waals surface area contributed by atoms with Gasteiger partial charge in [0.15, 0.2) is 0 Å². The van der Waals surface area contributed by atoms with Crippen LogP contribution in [0.15, 0.2) is 0 Å². The van der Waals surface area contributed by atoms with Crippen molar-refractivity contribution in [1.82, 2.24) is 9.80 Å². The Morgan fingerprint density at radius 1 is 1.14 bits per heavy atom. The van der Waals surface area contributed by atoms with Gasteiger partial charge in [-0.2, -0.15) is 0 Å². The summed E-state index contributed by atoms with van der Waals surface area (Å²) < 4.78 is 0. The molecule has 2 saturated heterocycles. The van der Waals surface area contributed by atoms with Gasteiger partial charge >= 0.3 is 0 Å². The molecule has 0 spiro atoms. The molecule has 2 fully saturated rings. The standard InChI is InChI=1S/C16H28N2O3/c1-11-7-9-17(13(11)10-19)14(20)12-6-5-8-18(12)15(21)16(2,3)4/h11-13,19H,5-10H2,1-4H3. The molecule has 2 rings (SSSR count). The summed E-state index contributed by atoms with van der Waals surface area (Å²) in [6.07, 6.45) is 2.55. The summed E-state index contributed by atoms with van der Waals surface area (Å²) in [7, 11) is 0. The number of carbonyl (C=O) groups excluding carboxylic acids is 2. The van der Waals surface area contributed by atoms with Crippen molar-refractivity contribution in [3.8, 4) is 0 Å². The lowest BCUT2D eigenvalue weighted by Crippen LogP contribution is -2.52. The topological polar surface area (TPSA) is 60.9 Å². The molecule has 5 nitrogen and oxygen atoms in total. The number of hydrogen-bond donors (Lipinski definition) is 1. The van der Waals surface area contributed by atoms with Crippen LogP contribution in [0.2, 0.25) is 0 Å². The minimum absolute atomic E-state index is 0.00679. The second-order valence-electron chi connectivity index (χ2n) is 7.45. The second-order valence-corrected chi connectivity index (χ2v) is 7.45. The fraction of sp³-hybridized carbons (Fsp3) is 0.875. The predicted octanol–water partition coefficient (Wildman–Crippen LogP) is 1.25. The smallest absolute Gasteiger partial charge is 0.245 e. The average molecular weight is 296 g/mol. The lowest BCUT2D eigenvalue weighted by Gasteiger charge is -2.34. The molecule has 0 bridgehead atoms. The molecule has 5 heteroatoms. The average Bonchev–Trinajstić information content (AvgIpc) is 3.02. The largest absolute Gasteiger partial charge is 0.394 e. The van der Waals surface area contributed by atoms with Gasteiger partial charge in [0.2, 0.25) is 11.8 Å². The molecule has 2 aliphatic heterocycles. The minimum Gasteiger partial charge on any atom is -0.394 e. The van der Waals surface area contributed by atoms with Crippen LogP contribution >= 0.6 is 0 Å². The van der Waals surface area contributed by atoms with Gasteiger partial charge < -0.3 is 14.9 Å². The van der Waals surface area contributed by atoms with Gasteiger partial charge in [-0.1, -0.05) is 27.7 Å². The summed E-state index contributed by atoms with van der Waals surface area (Å²) in [5.41, 5.74) is -0.461. The van der Waals surface area contributed by atoms with E-state index in [0.717, 1.165) is 19.3 Å². The van der Waals surface area contributed by atoms with E-state index in [9.17, 15) is 14.7 Å². The van der Waals surface area contributed by atoms with Gasteiger partial charge in [-0.3, -0.25) is 9.59 Å². The minimum atomic E-state index is -0.461. The third-order valence-corrected chi connectivity index (χ3v) is 4.79. The Morgan fingerprint density at radius 3 is 2.38 bits per heavy atom. The molecule has 1 N–H and O–H groups in total. The molecule has 3 atom stereocenters. The molecule has 0 radical (unpaired) electrons. The van der Waals surface area contributed by atoms with E-state index in [1.807, 2.05) is 20.8 Å². The number of carbonyl (C=O) groups is 2. The summed E-state index contributed by atoms with van der Waals surface area (Å²) in [6.45, 7) is 9.11. The monoisotopic (exact) mass is 296 g/mol. The maximum absolute atomic E-state index is 12.8. The number of nitrogens with zero attached hydrogens (tertiary/aromatic N) is 2. The first-order valence-electron chi connectivity index (χ1n) is 7.99. The van der Waals surface area contributed by atoms with Gasteiger partial charge in [-0.05, 0) is 25.2 Å². The highest BCUT2D eigenvalue weighted by Gasteiger charge is 2.43. The summed E-state index contributed by atoms with van der Waals surface area (Å²) in [5.74, 6) is 0.395. The number of likely N-dealkylation sites (tertiary alicyclic amines) is 2. The van der Waals surface area contributed by atoms with Gasteiger partial charge in [0, 0.05) is 18.5 Å². The number of rotatable bonds is 2. The third kappa shape index (κ3) is 3.07. The Balaban J connectivity index is 2.13. The molecule has 0 aliphatic carbocycles. The Morgan fingerprint density at radius 2 is 1.81 bits per heavy atom. The van der Waals surface area contributed by atoms with Gasteiger partial charge in [-0.25, -0.2) is 0 Å². The Hall–Kier alpha value is -1.10. The van der Waals surface area contributed by atoms with Crippen LogP contribution in [0.1, 0.15) is 47.0 Å². The molecule has 2 heterocycles. The van der Waals surface area contributed by atoms with Gasteiger partial charge in [-0.15, -0.1) is 0 Å². The zero-order valence-corrected chi connectivity index (χ0v) is 13.6. The quantitative estimate of drug-likeness (QED) is 0.834. The van der Waals surface area contributed by atoms with Crippen LogP contribution in [-0.2, 0) is 9.59 Å². The van der Waals surface area contributed by atoms with Crippen molar-refractivity contribution in [3.05, 3.63) is 0 Å². The number of hydrogen-bond acceptors (Lipinski definition) is 3. The Kier molecular flexibility index (Phi) is 4.61. The number of aliphatic hydroxyl groups excluding tert-OH is 1. The van der Waals surface area contributed by atoms with Crippen molar-refractivity contribution >= 4 is 11.8 Å². The summed E-state index contributed by atoms with van der Waals surface area (Å²) >= 11 is 0. The van der Waals surface area contributed by atoms with Crippen molar-refractivity contribution in [2.24, 2.45) is 11.3 Å². The van der Waals surface area contributed by atoms with Crippen molar-refractivity contribution < 1.29 is 14.7 Å². The van der Waals surface area contributed by atoms with Crippen LogP contribution in [-0.4, -0.2) is 58.5 Å². The highest BCUT2D eigenvalue weighted by molar-refractivity contribution is 5.90. The van der Waals surface area contributed by atoms with E-state index in [1.54, 1.807) is 9.80 Å². The maximum Gasteiger partial charge on any atom is 0.245 e. The zero-order chi connectivity index (χ0) is 15.8. The number of amides is 2. The van der Waals surface area contributed by atoms with Crippen LogP contribution in [0.3, 0.4) is 0 Å². The van der Waals surface area contributed by atoms with E-state index in [1.165, 1.54) is 0 Å². The van der Waals surface area contributed by atoms with E-state index >= 15 is 0 Å². The van der Waals surface area contributed by atoms with Crippen LogP contribution in [0.25, 0.3) is 0 Å². The molecule has 0 aromatic carbocycles. The van der Waals surface area contributed by atoms with E-state index in [4.69, 9.17) is 0 Å². The first-order chi connectivity index (χ1) is 9.77. The van der Waals surface area contributed by atoms with Gasteiger partial charge in [0.25, 0.3) is 0 Å². The molecule has 0 aromatic rings. The first-order valence-corrected chi connectivity index (χ1v) is 7.99. The van der Waals surface area contributed by atoms with E-state index in [0.29, 0.717) is 19.0 Å². The van der Waals surface area contributed by atoms with Gasteiger partial charge in [0.1, 0.15) is 6.04 Å². The molecule has 0 aromatic heterocycles. The van der Waals surface area contributed by atoms with Crippen molar-refractivity contribution in [3.63, 3.8) is 0 Å². The molecule has 2 aliphatic rings. The fourth-order valence-corrected chi connectivity index (χ4v) is 3.45. The van der Waals surface area contributed by atoms with E-state index in [2.05, 4.69) is 6.92 Å². The molecular formula is C16H28N2O3. The summed E-state index contributed by atoms with van der Waals surface area (Å²) in [5, 5.41) is 9.53. The molecular weight excluding hydrogens is 268 g/mol. The lowest BCUT2D eigenvalue weighted by atomic mass is 9.94. The molecule has 0 saturated carbocycles. The van der Waals surface area contributed by atoms with Crippen molar-refractivity contribution in [1.29, 1.82) is 0 Å². The maximum atomic E-state index is 12.8. The first kappa shape index (κ1) is 16.3. The van der Waals surface area contributed by atoms with Crippen LogP contribution in [0.4, 0.5) is 0 Å². The van der Waals surface area contributed by atoms with Crippen LogP contribution in [0.5, 0.6) is 0 Å². The highest BCUT2D eigenvalue weighted by Crippen LogP contribution is 2.30. The Labute approximate surface area is 127 Å². The summed E-state index contributed by atoms with van der Waals surface area (Å²) in [4.78, 5) is 28.9. The molecule has 3 unspecified atom stereocenters. The lowest BCUT2D eigenvalue weighted by molar-refractivity contribution is -0.149. The second kappa shape index (κ2) is 5.95. The van der Waals surface area contributed by atoms with E-state index < -0.39 is 5.41 Å². The third-order valence-electron chi connectivity index (χ3n) is 4.79. The fourth-order valence-electron chi connectivity index (χ4n) is 3.45. The zero-order valence-electron chi connectivity index (χ0n) is 13.6. The van der Waals surface area contributed by atoms with Gasteiger partial charge in [0.05, 0.1) is 12.6 Å². The SMILES string of the molecule is CC1CCN(C(=O)C2CCCN2C(=O)C(C)(C)C)C1CO. The van der Waals surface area contributed by atoms with Crippen LogP contribution in [0, 0.1) is 11.3 Å². The van der Waals surface area contributed by atoms with Crippen LogP contribution < -0.4 is 0 Å². The van der Waals surface area contributed by atoms with Crippen molar-refractivity contribution in [2.45, 2.75) is 59.0 Å². The normalized spacial score (nSPS) is 30.0. The molecule has 120 valence electrons. The predicted molar refractivity (Wildman–Crippen MR) is 80.6 cm³/mol. The van der Waals surface area contributed by atoms with E-state index in [-0.39, 0.29) is 30.5 Å². The Bertz CT molecular complexity index is 416. The molecule has 2 amide bonds. The molecule has 21 heavy (non-hydrogen) atoms. The summed E-state index contributed by atoms with van der Waals surface area (Å²) in [6, 6.07) is -0.430. The number of aliphatic hydroxyl groups is 1.